The second-order valence-corrected chi connectivity index (χ2v) is 5.62. The highest BCUT2D eigenvalue weighted by molar-refractivity contribution is 8.18. The van der Waals surface area contributed by atoms with Gasteiger partial charge in [-0.3, -0.25) is 14.5 Å². The fraction of sp³-hybridized carbons (Fsp3) is 0.200. The summed E-state index contributed by atoms with van der Waals surface area (Å²) < 4.78 is 2.14. The molecule has 1 saturated heterocycles. The number of carbonyl (C=O) groups is 2. The van der Waals surface area contributed by atoms with E-state index >= 15 is 0 Å². The lowest BCUT2D eigenvalue weighted by atomic mass is 10.1. The van der Waals surface area contributed by atoms with Crippen LogP contribution in [0.15, 0.2) is 35.4 Å². The van der Waals surface area contributed by atoms with E-state index in [1.807, 2.05) is 30.5 Å². The van der Waals surface area contributed by atoms with Crippen LogP contribution in [0.2, 0.25) is 0 Å². The molecule has 0 spiro atoms. The summed E-state index contributed by atoms with van der Waals surface area (Å²) in [4.78, 5) is 25.1. The van der Waals surface area contributed by atoms with E-state index in [2.05, 4.69) is 17.6 Å². The second kappa shape index (κ2) is 4.83. The number of thioether (sulfide) groups is 1. The molecule has 1 aliphatic heterocycles. The smallest absolute Gasteiger partial charge is 0.293 e. The monoisotopic (exact) mass is 286 g/mol. The summed E-state index contributed by atoms with van der Waals surface area (Å²) in [6, 6.07) is 8.06. The van der Waals surface area contributed by atoms with Gasteiger partial charge in [0, 0.05) is 36.3 Å². The van der Waals surface area contributed by atoms with Crippen LogP contribution in [0.1, 0.15) is 12.5 Å². The van der Waals surface area contributed by atoms with Crippen LogP contribution in [-0.4, -0.2) is 27.7 Å². The molecule has 102 valence electrons. The van der Waals surface area contributed by atoms with Crippen LogP contribution in [0, 0.1) is 0 Å². The third-order valence-electron chi connectivity index (χ3n) is 3.43. The molecule has 1 fully saturated rings. The van der Waals surface area contributed by atoms with Gasteiger partial charge in [-0.1, -0.05) is 18.2 Å². The normalized spacial score (nSPS) is 17.7. The highest BCUT2D eigenvalue weighted by Crippen LogP contribution is 2.33. The van der Waals surface area contributed by atoms with Crippen molar-refractivity contribution in [1.82, 2.24) is 9.47 Å². The lowest BCUT2D eigenvalue weighted by Gasteiger charge is -2.00. The Hall–Kier alpha value is -2.01. The van der Waals surface area contributed by atoms with Gasteiger partial charge in [0.05, 0.1) is 4.91 Å². The molecule has 2 amide bonds. The van der Waals surface area contributed by atoms with E-state index in [0.29, 0.717) is 4.91 Å². The maximum atomic E-state index is 11.9. The van der Waals surface area contributed by atoms with E-state index in [0.717, 1.165) is 39.7 Å². The zero-order valence-corrected chi connectivity index (χ0v) is 12.1. The number of nitrogens with zero attached hydrogens (tertiary/aromatic N) is 2. The first kappa shape index (κ1) is 13.0. The van der Waals surface area contributed by atoms with Crippen LogP contribution in [0.4, 0.5) is 4.79 Å². The van der Waals surface area contributed by atoms with Crippen LogP contribution in [0.3, 0.4) is 0 Å². The number of para-hydroxylation sites is 1. The molecular weight excluding hydrogens is 272 g/mol. The number of aryl methyl sites for hydroxylation is 1. The summed E-state index contributed by atoms with van der Waals surface area (Å²) >= 11 is 0.991. The lowest BCUT2D eigenvalue weighted by Crippen LogP contribution is -2.22. The van der Waals surface area contributed by atoms with Crippen molar-refractivity contribution in [3.63, 3.8) is 0 Å². The first-order chi connectivity index (χ1) is 9.61. The fourth-order valence-corrected chi connectivity index (χ4v) is 3.16. The van der Waals surface area contributed by atoms with Crippen molar-refractivity contribution < 1.29 is 9.59 Å². The number of aromatic nitrogens is 1. The minimum atomic E-state index is -0.228. The fourth-order valence-electron chi connectivity index (χ4n) is 2.34. The molecule has 5 heteroatoms. The van der Waals surface area contributed by atoms with E-state index in [9.17, 15) is 9.59 Å². The van der Waals surface area contributed by atoms with E-state index in [-0.39, 0.29) is 11.1 Å². The number of imide groups is 1. The first-order valence-electron chi connectivity index (χ1n) is 6.41. The van der Waals surface area contributed by atoms with Gasteiger partial charge in [0.25, 0.3) is 11.1 Å². The van der Waals surface area contributed by atoms with Crippen LogP contribution < -0.4 is 0 Å². The van der Waals surface area contributed by atoms with Gasteiger partial charge in [0.15, 0.2) is 0 Å². The zero-order chi connectivity index (χ0) is 14.3. The number of hydrogen-bond acceptors (Lipinski definition) is 3. The van der Waals surface area contributed by atoms with Crippen molar-refractivity contribution in [2.45, 2.75) is 13.5 Å². The minimum Gasteiger partial charge on any atom is -0.347 e. The van der Waals surface area contributed by atoms with Crippen LogP contribution in [0.5, 0.6) is 0 Å². The zero-order valence-electron chi connectivity index (χ0n) is 11.3. The van der Waals surface area contributed by atoms with Crippen molar-refractivity contribution in [2.24, 2.45) is 0 Å². The number of rotatable bonds is 2. The molecule has 2 heterocycles. The van der Waals surface area contributed by atoms with Crippen LogP contribution >= 0.6 is 11.8 Å². The molecule has 0 radical (unpaired) electrons. The maximum Gasteiger partial charge on any atom is 0.293 e. The molecule has 0 saturated carbocycles. The third-order valence-corrected chi connectivity index (χ3v) is 4.39. The lowest BCUT2D eigenvalue weighted by molar-refractivity contribution is -0.121. The molecule has 2 aromatic rings. The number of fused-ring (bicyclic) bond motifs is 1. The van der Waals surface area contributed by atoms with Crippen molar-refractivity contribution in [3.05, 3.63) is 40.9 Å². The molecule has 1 aliphatic rings. The predicted molar refractivity (Wildman–Crippen MR) is 81.3 cm³/mol. The van der Waals surface area contributed by atoms with E-state index < -0.39 is 0 Å². The van der Waals surface area contributed by atoms with E-state index in [4.69, 9.17) is 0 Å². The molecule has 0 N–H and O–H groups in total. The molecular formula is C15H14N2O2S. The Labute approximate surface area is 121 Å². The average Bonchev–Trinajstić information content (AvgIpc) is 2.93. The van der Waals surface area contributed by atoms with Crippen molar-refractivity contribution in [2.75, 3.05) is 7.05 Å². The van der Waals surface area contributed by atoms with Crippen molar-refractivity contribution in [1.29, 1.82) is 0 Å². The molecule has 20 heavy (non-hydrogen) atoms. The Morgan fingerprint density at radius 2 is 2.00 bits per heavy atom. The molecule has 1 aromatic carbocycles. The van der Waals surface area contributed by atoms with Gasteiger partial charge in [0.2, 0.25) is 0 Å². The second-order valence-electron chi connectivity index (χ2n) is 4.63. The highest BCUT2D eigenvalue weighted by Gasteiger charge is 2.31. The van der Waals surface area contributed by atoms with Crippen molar-refractivity contribution in [3.8, 4) is 0 Å². The summed E-state index contributed by atoms with van der Waals surface area (Å²) in [5, 5.41) is 0.873. The molecule has 0 unspecified atom stereocenters. The van der Waals surface area contributed by atoms with Gasteiger partial charge >= 0.3 is 0 Å². The molecule has 3 rings (SSSR count). The minimum absolute atomic E-state index is 0.222. The summed E-state index contributed by atoms with van der Waals surface area (Å²) in [7, 11) is 1.51. The molecule has 0 atom stereocenters. The molecule has 1 aromatic heterocycles. The summed E-state index contributed by atoms with van der Waals surface area (Å²) in [5.41, 5.74) is 2.11. The molecule has 0 aliphatic carbocycles. The quantitative estimate of drug-likeness (QED) is 0.795. The third kappa shape index (κ3) is 1.94. The van der Waals surface area contributed by atoms with E-state index in [1.165, 1.54) is 7.05 Å². The van der Waals surface area contributed by atoms with Gasteiger partial charge in [-0.05, 0) is 30.8 Å². The van der Waals surface area contributed by atoms with Gasteiger partial charge in [-0.15, -0.1) is 0 Å². The largest absolute Gasteiger partial charge is 0.347 e. The number of likely N-dealkylation sites (N-methyl/N-ethyl adjacent to an activating group) is 1. The van der Waals surface area contributed by atoms with Crippen LogP contribution in [0.25, 0.3) is 17.0 Å². The van der Waals surface area contributed by atoms with Crippen molar-refractivity contribution >= 4 is 39.9 Å². The summed E-state index contributed by atoms with van der Waals surface area (Å²) in [5.74, 6) is -0.228. The predicted octanol–water partition coefficient (Wildman–Crippen LogP) is 3.33. The Morgan fingerprint density at radius 1 is 1.25 bits per heavy atom. The Kier molecular flexibility index (Phi) is 3.14. The van der Waals surface area contributed by atoms with Gasteiger partial charge < -0.3 is 4.57 Å². The Bertz CT molecular complexity index is 745. The molecule has 0 bridgehead atoms. The SMILES string of the molecule is CCn1cc(C=C2SC(=O)N(C)C2=O)c2ccccc21. The summed E-state index contributed by atoms with van der Waals surface area (Å²) in [6.45, 7) is 2.94. The first-order valence-corrected chi connectivity index (χ1v) is 7.23. The number of benzene rings is 1. The topological polar surface area (TPSA) is 42.3 Å². The average molecular weight is 286 g/mol. The highest BCUT2D eigenvalue weighted by atomic mass is 32.2. The standard InChI is InChI=1S/C15H14N2O2S/c1-3-17-9-10(11-6-4-5-7-12(11)17)8-13-14(18)16(2)15(19)20-13/h4-9H,3H2,1-2H3. The van der Waals surface area contributed by atoms with Gasteiger partial charge in [-0.25, -0.2) is 0 Å². The van der Waals surface area contributed by atoms with E-state index in [1.54, 1.807) is 0 Å². The Balaban J connectivity index is 2.12. The van der Waals surface area contributed by atoms with Gasteiger partial charge in [0.1, 0.15) is 0 Å². The number of carbonyl (C=O) groups excluding carboxylic acids is 2. The van der Waals surface area contributed by atoms with Crippen LogP contribution in [-0.2, 0) is 11.3 Å². The summed E-state index contributed by atoms with van der Waals surface area (Å²) in [6.07, 6.45) is 3.83. The maximum absolute atomic E-state index is 11.9. The van der Waals surface area contributed by atoms with Gasteiger partial charge in [-0.2, -0.15) is 0 Å². The Morgan fingerprint density at radius 3 is 2.65 bits per heavy atom. The molecule has 4 nitrogen and oxygen atoms in total. The number of amides is 2. The number of hydrogen-bond donors (Lipinski definition) is 0.